The molecule has 0 unspecified atom stereocenters. The minimum absolute atomic E-state index is 0.109. The van der Waals surface area contributed by atoms with Crippen LogP contribution in [-0.2, 0) is 10.0 Å². The summed E-state index contributed by atoms with van der Waals surface area (Å²) in [7, 11) is -3.94. The summed E-state index contributed by atoms with van der Waals surface area (Å²) in [5.41, 5.74) is -1.38. The van der Waals surface area contributed by atoms with Crippen molar-refractivity contribution in [3.63, 3.8) is 0 Å². The molecule has 0 atom stereocenters. The van der Waals surface area contributed by atoms with Crippen molar-refractivity contribution in [2.45, 2.75) is 18.7 Å². The first-order valence-electron chi connectivity index (χ1n) is 5.44. The Kier molecular flexibility index (Phi) is 4.70. The van der Waals surface area contributed by atoms with E-state index in [-0.39, 0.29) is 16.5 Å². The van der Waals surface area contributed by atoms with Crippen molar-refractivity contribution in [1.82, 2.24) is 4.72 Å². The van der Waals surface area contributed by atoms with Crippen LogP contribution in [0, 0.1) is 26.9 Å². The Morgan fingerprint density at radius 1 is 1.50 bits per heavy atom. The summed E-state index contributed by atoms with van der Waals surface area (Å²) >= 11 is 5.61. The molecule has 0 saturated carbocycles. The van der Waals surface area contributed by atoms with E-state index in [9.17, 15) is 18.5 Å². The van der Waals surface area contributed by atoms with Gasteiger partial charge in [-0.2, -0.15) is 5.26 Å². The lowest BCUT2D eigenvalue weighted by molar-refractivity contribution is -0.384. The molecule has 1 aromatic rings. The largest absolute Gasteiger partial charge is 0.289 e. The number of nitrogens with one attached hydrogen (secondary N) is 1. The van der Waals surface area contributed by atoms with E-state index in [1.807, 2.05) is 6.07 Å². The number of halogens is 1. The third-order valence-corrected chi connectivity index (χ3v) is 4.15. The van der Waals surface area contributed by atoms with E-state index in [2.05, 4.69) is 4.72 Å². The second-order valence-electron chi connectivity index (χ2n) is 4.69. The molecule has 7 nitrogen and oxygen atoms in total. The van der Waals surface area contributed by atoms with Gasteiger partial charge in [-0.05, 0) is 26.0 Å². The highest BCUT2D eigenvalue weighted by atomic mass is 35.5. The number of sulfonamides is 1. The first-order valence-corrected chi connectivity index (χ1v) is 7.30. The second-order valence-corrected chi connectivity index (χ2v) is 6.86. The number of nitro groups is 1. The Labute approximate surface area is 121 Å². The van der Waals surface area contributed by atoms with Crippen LogP contribution in [0.4, 0.5) is 5.69 Å². The van der Waals surface area contributed by atoms with Crippen molar-refractivity contribution in [2.75, 3.05) is 6.54 Å². The van der Waals surface area contributed by atoms with E-state index in [0.29, 0.717) is 0 Å². The topological polar surface area (TPSA) is 113 Å². The summed E-state index contributed by atoms with van der Waals surface area (Å²) in [6, 6.07) is 5.13. The normalized spacial score (nSPS) is 11.9. The van der Waals surface area contributed by atoms with Gasteiger partial charge in [0.2, 0.25) is 10.0 Å². The lowest BCUT2D eigenvalue weighted by Gasteiger charge is -2.15. The van der Waals surface area contributed by atoms with Gasteiger partial charge >= 0.3 is 0 Å². The molecule has 0 bridgehead atoms. The van der Waals surface area contributed by atoms with E-state index in [0.717, 1.165) is 18.2 Å². The Morgan fingerprint density at radius 3 is 2.60 bits per heavy atom. The molecule has 0 aromatic heterocycles. The van der Waals surface area contributed by atoms with Crippen molar-refractivity contribution < 1.29 is 13.3 Å². The lowest BCUT2D eigenvalue weighted by atomic mass is 9.97. The summed E-state index contributed by atoms with van der Waals surface area (Å²) in [5, 5.41) is 19.4. The van der Waals surface area contributed by atoms with E-state index in [1.165, 1.54) is 0 Å². The molecule has 0 aliphatic carbocycles. The average Bonchev–Trinajstić information content (AvgIpc) is 2.36. The van der Waals surface area contributed by atoms with Gasteiger partial charge in [0.05, 0.1) is 21.3 Å². The van der Waals surface area contributed by atoms with Gasteiger partial charge in [-0.25, -0.2) is 13.1 Å². The first-order chi connectivity index (χ1) is 9.09. The zero-order valence-electron chi connectivity index (χ0n) is 10.8. The average molecular weight is 318 g/mol. The number of nitriles is 1. The fourth-order valence-electron chi connectivity index (χ4n) is 1.20. The third-order valence-electron chi connectivity index (χ3n) is 2.43. The van der Waals surface area contributed by atoms with Gasteiger partial charge in [0.1, 0.15) is 5.02 Å². The predicted molar refractivity (Wildman–Crippen MR) is 72.7 cm³/mol. The van der Waals surface area contributed by atoms with Gasteiger partial charge < -0.3 is 0 Å². The Hall–Kier alpha value is -1.69. The number of nitrogens with zero attached hydrogens (tertiary/aromatic N) is 2. The van der Waals surface area contributed by atoms with Gasteiger partial charge in [-0.3, -0.25) is 10.1 Å². The Bertz CT molecular complexity index is 679. The molecule has 108 valence electrons. The van der Waals surface area contributed by atoms with Crippen LogP contribution in [0.25, 0.3) is 0 Å². The van der Waals surface area contributed by atoms with Crippen molar-refractivity contribution >= 4 is 27.3 Å². The predicted octanol–water partition coefficient (Wildman–Crippen LogP) is 2.08. The Balaban J connectivity index is 3.09. The maximum Gasteiger partial charge on any atom is 0.289 e. The van der Waals surface area contributed by atoms with Crippen LogP contribution in [0.5, 0.6) is 0 Å². The van der Waals surface area contributed by atoms with Gasteiger partial charge in [-0.15, -0.1) is 0 Å². The van der Waals surface area contributed by atoms with Gasteiger partial charge in [0, 0.05) is 12.6 Å². The van der Waals surface area contributed by atoms with Crippen LogP contribution < -0.4 is 4.72 Å². The summed E-state index contributed by atoms with van der Waals surface area (Å²) in [5.74, 6) is 0. The molecule has 0 aliphatic heterocycles. The van der Waals surface area contributed by atoms with E-state index in [4.69, 9.17) is 16.9 Å². The molecule has 0 heterocycles. The SMILES string of the molecule is CC(C)(C#N)CNS(=O)(=O)c1ccc(Cl)c([N+](=O)[O-])c1. The molecule has 1 aromatic carbocycles. The van der Waals surface area contributed by atoms with Crippen LogP contribution in [0.15, 0.2) is 23.1 Å². The third kappa shape index (κ3) is 3.90. The highest BCUT2D eigenvalue weighted by Crippen LogP contribution is 2.27. The summed E-state index contributed by atoms with van der Waals surface area (Å²) in [4.78, 5) is 9.69. The zero-order chi connectivity index (χ0) is 15.6. The number of rotatable bonds is 5. The molecule has 20 heavy (non-hydrogen) atoms. The van der Waals surface area contributed by atoms with Gasteiger partial charge in [0.25, 0.3) is 5.69 Å². The maximum absolute atomic E-state index is 12.0. The number of hydrogen-bond donors (Lipinski definition) is 1. The van der Waals surface area contributed by atoms with Crippen molar-refractivity contribution in [1.29, 1.82) is 5.26 Å². The summed E-state index contributed by atoms with van der Waals surface area (Å²) in [6.45, 7) is 3.03. The van der Waals surface area contributed by atoms with Crippen molar-refractivity contribution in [2.24, 2.45) is 5.41 Å². The monoisotopic (exact) mass is 317 g/mol. The minimum atomic E-state index is -3.94. The van der Waals surface area contributed by atoms with Crippen LogP contribution in [0.2, 0.25) is 5.02 Å². The van der Waals surface area contributed by atoms with Crippen LogP contribution >= 0.6 is 11.6 Å². The van der Waals surface area contributed by atoms with E-state index in [1.54, 1.807) is 13.8 Å². The van der Waals surface area contributed by atoms with Crippen molar-refractivity contribution in [3.8, 4) is 6.07 Å². The van der Waals surface area contributed by atoms with Gasteiger partial charge in [-0.1, -0.05) is 11.6 Å². The summed E-state index contributed by atoms with van der Waals surface area (Å²) < 4.78 is 26.2. The first kappa shape index (κ1) is 16.4. The molecule has 0 amide bonds. The Morgan fingerprint density at radius 2 is 2.10 bits per heavy atom. The molecule has 0 aliphatic rings. The highest BCUT2D eigenvalue weighted by Gasteiger charge is 2.24. The molecular weight excluding hydrogens is 306 g/mol. The quantitative estimate of drug-likeness (QED) is 0.659. The molecule has 0 radical (unpaired) electrons. The minimum Gasteiger partial charge on any atom is -0.258 e. The van der Waals surface area contributed by atoms with E-state index >= 15 is 0 Å². The maximum atomic E-state index is 12.0. The van der Waals surface area contributed by atoms with E-state index < -0.39 is 26.0 Å². The molecule has 0 spiro atoms. The fourth-order valence-corrected chi connectivity index (χ4v) is 2.62. The lowest BCUT2D eigenvalue weighted by Crippen LogP contribution is -2.33. The van der Waals surface area contributed by atoms with Crippen molar-refractivity contribution in [3.05, 3.63) is 33.3 Å². The highest BCUT2D eigenvalue weighted by molar-refractivity contribution is 7.89. The van der Waals surface area contributed by atoms with Gasteiger partial charge in [0.15, 0.2) is 0 Å². The fraction of sp³-hybridized carbons (Fsp3) is 0.364. The van der Waals surface area contributed by atoms with Crippen LogP contribution in [0.3, 0.4) is 0 Å². The van der Waals surface area contributed by atoms with Crippen LogP contribution in [-0.4, -0.2) is 19.9 Å². The molecule has 0 fully saturated rings. The van der Waals surface area contributed by atoms with Crippen LogP contribution in [0.1, 0.15) is 13.8 Å². The molecule has 1 N–H and O–H groups in total. The molecule has 9 heteroatoms. The number of hydrogen-bond acceptors (Lipinski definition) is 5. The second kappa shape index (κ2) is 5.75. The molecule has 0 saturated heterocycles. The molecule has 1 rings (SSSR count). The zero-order valence-corrected chi connectivity index (χ0v) is 12.3. The molecular formula is C11H12ClN3O4S. The smallest absolute Gasteiger partial charge is 0.258 e. The number of nitro benzene ring substituents is 1. The number of benzene rings is 1. The summed E-state index contributed by atoms with van der Waals surface area (Å²) in [6.07, 6.45) is 0. The standard InChI is InChI=1S/C11H12ClN3O4S/c1-11(2,6-13)7-14-20(18,19)8-3-4-9(12)10(5-8)15(16)17/h3-5,14H,7H2,1-2H3.